The maximum absolute atomic E-state index is 14.0. The molecule has 4 aromatic rings. The van der Waals surface area contributed by atoms with E-state index in [4.69, 9.17) is 14.5 Å². The second kappa shape index (κ2) is 11.9. The molecule has 1 aliphatic rings. The Morgan fingerprint density at radius 3 is 2.55 bits per heavy atom. The van der Waals surface area contributed by atoms with Crippen molar-refractivity contribution in [1.82, 2.24) is 4.57 Å². The Balaban J connectivity index is 1.83. The van der Waals surface area contributed by atoms with Crippen molar-refractivity contribution in [3.63, 3.8) is 0 Å². The molecular weight excluding hydrogens is 612 g/mol. The van der Waals surface area contributed by atoms with Gasteiger partial charge in [0, 0.05) is 20.5 Å². The largest absolute Gasteiger partial charge is 0.504 e. The molecule has 0 amide bonds. The van der Waals surface area contributed by atoms with Crippen molar-refractivity contribution in [2.75, 3.05) is 20.0 Å². The number of nitrogens with zero attached hydrogens (tertiary/aromatic N) is 2. The molecule has 1 aromatic heterocycles. The Bertz CT molecular complexity index is 1790. The third-order valence-corrected chi connectivity index (χ3v) is 8.57. The highest BCUT2D eigenvalue weighted by Crippen LogP contribution is 2.36. The van der Waals surface area contributed by atoms with Crippen LogP contribution in [0.1, 0.15) is 29.7 Å². The van der Waals surface area contributed by atoms with Gasteiger partial charge in [-0.3, -0.25) is 9.36 Å². The molecule has 0 spiro atoms. The lowest BCUT2D eigenvalue weighted by Crippen LogP contribution is -2.40. The number of ether oxygens (including phenoxy) is 2. The molecule has 1 aliphatic heterocycles. The van der Waals surface area contributed by atoms with Crippen LogP contribution in [-0.2, 0) is 9.53 Å². The van der Waals surface area contributed by atoms with Crippen LogP contribution >= 0.6 is 39.0 Å². The quantitative estimate of drug-likeness (QED) is 0.223. The number of esters is 1. The summed E-state index contributed by atoms with van der Waals surface area (Å²) in [6, 6.07) is 19.8. The van der Waals surface area contributed by atoms with Gasteiger partial charge in [0.05, 0.1) is 35.6 Å². The number of thiazole rings is 1. The SMILES string of the molecule is CCOC(=O)C1=C(c2ccccc2)N=c2s/c(=C\c3cc(Br)cc(OC)c3O)c(=O)n2[C@@H]1c1ccc(SC)cc1. The molecule has 3 aromatic carbocycles. The molecule has 0 saturated carbocycles. The number of aromatic hydroxyl groups is 1. The van der Waals surface area contributed by atoms with Crippen molar-refractivity contribution in [3.8, 4) is 11.5 Å². The van der Waals surface area contributed by atoms with Gasteiger partial charge in [0.2, 0.25) is 0 Å². The average molecular weight is 638 g/mol. The molecule has 1 N–H and O–H groups in total. The Kier molecular flexibility index (Phi) is 8.30. The van der Waals surface area contributed by atoms with Crippen molar-refractivity contribution < 1.29 is 19.4 Å². The Morgan fingerprint density at radius 2 is 1.90 bits per heavy atom. The molecule has 0 radical (unpaired) electrons. The molecule has 0 bridgehead atoms. The number of methoxy groups -OCH3 is 1. The zero-order valence-electron chi connectivity index (χ0n) is 21.9. The van der Waals surface area contributed by atoms with Crippen molar-refractivity contribution in [1.29, 1.82) is 0 Å². The monoisotopic (exact) mass is 636 g/mol. The molecule has 5 rings (SSSR count). The third kappa shape index (κ3) is 5.26. The second-order valence-corrected chi connectivity index (χ2v) is 11.6. The molecule has 0 saturated heterocycles. The summed E-state index contributed by atoms with van der Waals surface area (Å²) in [5.74, 6) is -0.346. The molecule has 40 heavy (non-hydrogen) atoms. The first-order chi connectivity index (χ1) is 19.4. The number of benzene rings is 3. The number of aromatic nitrogens is 1. The maximum Gasteiger partial charge on any atom is 0.338 e. The highest BCUT2D eigenvalue weighted by Gasteiger charge is 2.35. The minimum Gasteiger partial charge on any atom is -0.504 e. The number of phenols is 1. The van der Waals surface area contributed by atoms with Crippen LogP contribution in [0.4, 0.5) is 0 Å². The number of thioether (sulfide) groups is 1. The van der Waals surface area contributed by atoms with E-state index in [1.165, 1.54) is 23.0 Å². The smallest absolute Gasteiger partial charge is 0.338 e. The molecule has 2 heterocycles. The lowest BCUT2D eigenvalue weighted by Gasteiger charge is -2.26. The summed E-state index contributed by atoms with van der Waals surface area (Å²) in [7, 11) is 1.46. The summed E-state index contributed by atoms with van der Waals surface area (Å²) < 4.78 is 13.4. The zero-order valence-corrected chi connectivity index (χ0v) is 25.1. The van der Waals surface area contributed by atoms with Gasteiger partial charge in [-0.1, -0.05) is 69.7 Å². The number of phenolic OH excluding ortho intramolecular Hbond substituents is 1. The topological polar surface area (TPSA) is 90.1 Å². The highest BCUT2D eigenvalue weighted by atomic mass is 79.9. The minimum atomic E-state index is -0.769. The standard InChI is InChI=1S/C30H25BrN2O5S2/c1-4-38-29(36)24-25(17-8-6-5-7-9-17)32-30-33(26(24)18-10-12-21(39-3)13-11-18)28(35)23(40-30)15-19-14-20(31)16-22(37-2)27(19)34/h5-16,26,34H,4H2,1-3H3/b23-15-/t26-/m1/s1. The number of carbonyl (C=O) groups is 1. The predicted molar refractivity (Wildman–Crippen MR) is 162 cm³/mol. The van der Waals surface area contributed by atoms with Gasteiger partial charge in [0.1, 0.15) is 0 Å². The third-order valence-electron chi connectivity index (χ3n) is 6.38. The number of rotatable bonds is 7. The number of hydrogen-bond donors (Lipinski definition) is 1. The zero-order chi connectivity index (χ0) is 28.4. The van der Waals surface area contributed by atoms with E-state index in [1.54, 1.807) is 36.9 Å². The summed E-state index contributed by atoms with van der Waals surface area (Å²) in [6.07, 6.45) is 3.60. The summed E-state index contributed by atoms with van der Waals surface area (Å²) in [4.78, 5) is 33.9. The van der Waals surface area contributed by atoms with Gasteiger partial charge >= 0.3 is 5.97 Å². The fraction of sp³-hybridized carbons (Fsp3) is 0.167. The lowest BCUT2D eigenvalue weighted by atomic mass is 9.93. The average Bonchev–Trinajstić information content (AvgIpc) is 3.28. The van der Waals surface area contributed by atoms with Crippen molar-refractivity contribution in [2.24, 2.45) is 4.99 Å². The number of fused-ring (bicyclic) bond motifs is 1. The molecule has 0 aliphatic carbocycles. The van der Waals surface area contributed by atoms with E-state index in [2.05, 4.69) is 15.9 Å². The Labute approximate surface area is 247 Å². The lowest BCUT2D eigenvalue weighted by molar-refractivity contribution is -0.138. The fourth-order valence-electron chi connectivity index (χ4n) is 4.54. The van der Waals surface area contributed by atoms with Crippen molar-refractivity contribution in [2.45, 2.75) is 17.9 Å². The van der Waals surface area contributed by atoms with Gasteiger partial charge in [0.25, 0.3) is 5.56 Å². The van der Waals surface area contributed by atoms with Gasteiger partial charge < -0.3 is 14.6 Å². The first-order valence-corrected chi connectivity index (χ1v) is 15.2. The van der Waals surface area contributed by atoms with Crippen LogP contribution in [-0.4, -0.2) is 35.6 Å². The molecular formula is C30H25BrN2O5S2. The van der Waals surface area contributed by atoms with Crippen molar-refractivity contribution in [3.05, 3.63) is 113 Å². The molecule has 0 unspecified atom stereocenters. The Morgan fingerprint density at radius 1 is 1.18 bits per heavy atom. The number of carbonyl (C=O) groups excluding carboxylic acids is 1. The van der Waals surface area contributed by atoms with Crippen LogP contribution in [0, 0.1) is 0 Å². The summed E-state index contributed by atoms with van der Waals surface area (Å²) >= 11 is 6.22. The van der Waals surface area contributed by atoms with E-state index in [0.717, 1.165) is 16.0 Å². The van der Waals surface area contributed by atoms with Gasteiger partial charge in [-0.15, -0.1) is 11.8 Å². The van der Waals surface area contributed by atoms with Gasteiger partial charge in [-0.05, 0) is 49.1 Å². The van der Waals surface area contributed by atoms with E-state index in [-0.39, 0.29) is 29.2 Å². The van der Waals surface area contributed by atoms with Gasteiger partial charge in [-0.2, -0.15) is 0 Å². The van der Waals surface area contributed by atoms with Crippen LogP contribution in [0.5, 0.6) is 11.5 Å². The Hall–Kier alpha value is -3.60. The second-order valence-electron chi connectivity index (χ2n) is 8.75. The minimum absolute atomic E-state index is 0.0853. The number of halogens is 1. The van der Waals surface area contributed by atoms with Crippen LogP contribution in [0.2, 0.25) is 0 Å². The predicted octanol–water partition coefficient (Wildman–Crippen LogP) is 5.13. The van der Waals surface area contributed by atoms with Crippen LogP contribution < -0.4 is 19.6 Å². The normalized spacial score (nSPS) is 15.0. The van der Waals surface area contributed by atoms with E-state index in [0.29, 0.717) is 25.1 Å². The first-order valence-electron chi connectivity index (χ1n) is 12.3. The van der Waals surface area contributed by atoms with E-state index < -0.39 is 12.0 Å². The highest BCUT2D eigenvalue weighted by molar-refractivity contribution is 9.10. The molecule has 1 atom stereocenters. The summed E-state index contributed by atoms with van der Waals surface area (Å²) in [5, 5.41) is 10.7. The van der Waals surface area contributed by atoms with Crippen LogP contribution in [0.25, 0.3) is 11.8 Å². The van der Waals surface area contributed by atoms with Crippen molar-refractivity contribution >= 4 is 56.8 Å². The van der Waals surface area contributed by atoms with Gasteiger partial charge in [0.15, 0.2) is 16.3 Å². The van der Waals surface area contributed by atoms with E-state index in [9.17, 15) is 14.7 Å². The molecule has 7 nitrogen and oxygen atoms in total. The summed E-state index contributed by atoms with van der Waals surface area (Å²) in [5.41, 5.74) is 2.31. The summed E-state index contributed by atoms with van der Waals surface area (Å²) in [6.45, 7) is 1.92. The molecule has 204 valence electrons. The maximum atomic E-state index is 14.0. The van der Waals surface area contributed by atoms with E-state index >= 15 is 0 Å². The first kappa shape index (κ1) is 27.9. The molecule has 10 heteroatoms. The van der Waals surface area contributed by atoms with E-state index in [1.807, 2.05) is 60.9 Å². The molecule has 0 fully saturated rings. The van der Waals surface area contributed by atoms with Crippen LogP contribution in [0.15, 0.2) is 91.5 Å². The number of hydrogen-bond acceptors (Lipinski definition) is 8. The van der Waals surface area contributed by atoms with Crippen LogP contribution in [0.3, 0.4) is 0 Å². The fourth-order valence-corrected chi connectivity index (χ4v) is 6.40. The van der Waals surface area contributed by atoms with Gasteiger partial charge in [-0.25, -0.2) is 9.79 Å².